The Hall–Kier alpha value is -1.81. The number of H-pyrrole nitrogens is 1. The minimum Gasteiger partial charge on any atom is -0.366 e. The largest absolute Gasteiger partial charge is 0.366 e. The third-order valence-electron chi connectivity index (χ3n) is 4.89. The van der Waals surface area contributed by atoms with E-state index in [-0.39, 0.29) is 5.91 Å². The molecule has 1 aliphatic heterocycles. The molecule has 2 aromatic rings. The number of aromatic amines is 1. The normalized spacial score (nSPS) is 15.5. The SMILES string of the molecule is CCCCCc1[nH]c2ccc(C(N)=O)cc2c1CN1CCCC1. The van der Waals surface area contributed by atoms with Gasteiger partial charge < -0.3 is 10.7 Å². The molecule has 1 saturated heterocycles. The number of unbranched alkanes of at least 4 members (excludes halogenated alkanes) is 2. The van der Waals surface area contributed by atoms with Gasteiger partial charge in [0.2, 0.25) is 5.91 Å². The Kier molecular flexibility index (Phi) is 5.01. The fraction of sp³-hybridized carbons (Fsp3) is 0.526. The summed E-state index contributed by atoms with van der Waals surface area (Å²) < 4.78 is 0. The average Bonchev–Trinajstić information content (AvgIpc) is 3.16. The van der Waals surface area contributed by atoms with E-state index in [0.29, 0.717) is 5.56 Å². The number of rotatable bonds is 7. The van der Waals surface area contributed by atoms with Crippen molar-refractivity contribution in [3.63, 3.8) is 0 Å². The maximum Gasteiger partial charge on any atom is 0.248 e. The molecular formula is C19H27N3O. The zero-order valence-electron chi connectivity index (χ0n) is 14.0. The van der Waals surface area contributed by atoms with Crippen molar-refractivity contribution in [3.8, 4) is 0 Å². The topological polar surface area (TPSA) is 62.1 Å². The Balaban J connectivity index is 1.95. The molecule has 0 spiro atoms. The first-order chi connectivity index (χ1) is 11.2. The Morgan fingerprint density at radius 3 is 2.74 bits per heavy atom. The third-order valence-corrected chi connectivity index (χ3v) is 4.89. The van der Waals surface area contributed by atoms with Crippen LogP contribution in [0.1, 0.15) is 60.6 Å². The summed E-state index contributed by atoms with van der Waals surface area (Å²) in [5.74, 6) is -0.354. The highest BCUT2D eigenvalue weighted by molar-refractivity contribution is 5.98. The number of hydrogen-bond donors (Lipinski definition) is 2. The molecular weight excluding hydrogens is 286 g/mol. The van der Waals surface area contributed by atoms with Crippen LogP contribution in [-0.4, -0.2) is 28.9 Å². The van der Waals surface area contributed by atoms with Crippen LogP contribution in [0.25, 0.3) is 10.9 Å². The number of nitrogens with two attached hydrogens (primary N) is 1. The second-order valence-corrected chi connectivity index (χ2v) is 6.65. The van der Waals surface area contributed by atoms with Crippen LogP contribution in [0, 0.1) is 0 Å². The number of hydrogen-bond acceptors (Lipinski definition) is 2. The van der Waals surface area contributed by atoms with Crippen LogP contribution in [0.5, 0.6) is 0 Å². The summed E-state index contributed by atoms with van der Waals surface area (Å²) in [6.45, 7) is 5.56. The number of primary amides is 1. The van der Waals surface area contributed by atoms with Crippen LogP contribution in [0.2, 0.25) is 0 Å². The Morgan fingerprint density at radius 2 is 2.04 bits per heavy atom. The van der Waals surface area contributed by atoms with Crippen LogP contribution < -0.4 is 5.73 Å². The number of carbonyl (C=O) groups is 1. The standard InChI is InChI=1S/C19H27N3O/c1-2-3-4-7-17-16(13-22-10-5-6-11-22)15-12-14(19(20)23)8-9-18(15)21-17/h8-9,12,21H,2-7,10-11,13H2,1H3,(H2,20,23). The Labute approximate surface area is 138 Å². The fourth-order valence-corrected chi connectivity index (χ4v) is 3.57. The van der Waals surface area contributed by atoms with Gasteiger partial charge >= 0.3 is 0 Å². The van der Waals surface area contributed by atoms with E-state index in [2.05, 4.69) is 16.8 Å². The number of benzene rings is 1. The number of amides is 1. The highest BCUT2D eigenvalue weighted by Gasteiger charge is 2.18. The maximum atomic E-state index is 11.5. The van der Waals surface area contributed by atoms with Gasteiger partial charge in [0.15, 0.2) is 0 Å². The molecule has 4 heteroatoms. The van der Waals surface area contributed by atoms with Gasteiger partial charge in [0.25, 0.3) is 0 Å². The number of nitrogens with one attached hydrogen (secondary N) is 1. The van der Waals surface area contributed by atoms with Crippen molar-refractivity contribution in [2.75, 3.05) is 13.1 Å². The number of fused-ring (bicyclic) bond motifs is 1. The van der Waals surface area contributed by atoms with Gasteiger partial charge in [0, 0.05) is 28.7 Å². The molecule has 0 atom stereocenters. The van der Waals surface area contributed by atoms with E-state index in [1.807, 2.05) is 18.2 Å². The summed E-state index contributed by atoms with van der Waals surface area (Å²) in [5, 5.41) is 1.17. The van der Waals surface area contributed by atoms with Crippen LogP contribution in [0.15, 0.2) is 18.2 Å². The molecule has 0 bridgehead atoms. The molecule has 1 amide bonds. The molecule has 4 nitrogen and oxygen atoms in total. The predicted molar refractivity (Wildman–Crippen MR) is 94.6 cm³/mol. The first-order valence-electron chi connectivity index (χ1n) is 8.84. The van der Waals surface area contributed by atoms with E-state index in [1.165, 1.54) is 61.8 Å². The minimum absolute atomic E-state index is 0.354. The van der Waals surface area contributed by atoms with Crippen molar-refractivity contribution in [2.45, 2.75) is 52.0 Å². The van der Waals surface area contributed by atoms with Gasteiger partial charge in [-0.1, -0.05) is 19.8 Å². The summed E-state index contributed by atoms with van der Waals surface area (Å²) in [4.78, 5) is 17.6. The van der Waals surface area contributed by atoms with Gasteiger partial charge in [-0.05, 0) is 62.5 Å². The van der Waals surface area contributed by atoms with E-state index >= 15 is 0 Å². The zero-order chi connectivity index (χ0) is 16.2. The lowest BCUT2D eigenvalue weighted by atomic mass is 10.0. The summed E-state index contributed by atoms with van der Waals surface area (Å²) in [6, 6.07) is 5.77. The Bertz CT molecular complexity index is 683. The molecule has 3 N–H and O–H groups in total. The Morgan fingerprint density at radius 1 is 1.26 bits per heavy atom. The van der Waals surface area contributed by atoms with E-state index in [4.69, 9.17) is 5.73 Å². The van der Waals surface area contributed by atoms with Crippen molar-refractivity contribution >= 4 is 16.8 Å². The summed E-state index contributed by atoms with van der Waals surface area (Å²) >= 11 is 0. The summed E-state index contributed by atoms with van der Waals surface area (Å²) in [5.41, 5.74) is 9.88. The van der Waals surface area contributed by atoms with Crippen LogP contribution in [0.4, 0.5) is 0 Å². The van der Waals surface area contributed by atoms with E-state index < -0.39 is 0 Å². The van der Waals surface area contributed by atoms with Gasteiger partial charge in [-0.25, -0.2) is 0 Å². The van der Waals surface area contributed by atoms with Crippen LogP contribution in [0.3, 0.4) is 0 Å². The van der Waals surface area contributed by atoms with E-state index in [0.717, 1.165) is 18.5 Å². The number of likely N-dealkylation sites (tertiary alicyclic amines) is 1. The predicted octanol–water partition coefficient (Wildman–Crippen LogP) is 3.60. The first-order valence-corrected chi connectivity index (χ1v) is 8.84. The molecule has 3 rings (SSSR count). The highest BCUT2D eigenvalue weighted by Crippen LogP contribution is 2.27. The monoisotopic (exact) mass is 313 g/mol. The van der Waals surface area contributed by atoms with Gasteiger partial charge in [0.1, 0.15) is 0 Å². The summed E-state index contributed by atoms with van der Waals surface area (Å²) in [6.07, 6.45) is 7.36. The molecule has 23 heavy (non-hydrogen) atoms. The quantitative estimate of drug-likeness (QED) is 0.767. The minimum atomic E-state index is -0.354. The average molecular weight is 313 g/mol. The second-order valence-electron chi connectivity index (χ2n) is 6.65. The molecule has 2 heterocycles. The molecule has 1 aliphatic rings. The van der Waals surface area contributed by atoms with Crippen molar-refractivity contribution in [3.05, 3.63) is 35.0 Å². The smallest absolute Gasteiger partial charge is 0.248 e. The lowest BCUT2D eigenvalue weighted by molar-refractivity contribution is 0.100. The fourth-order valence-electron chi connectivity index (χ4n) is 3.57. The molecule has 0 radical (unpaired) electrons. The molecule has 1 fully saturated rings. The van der Waals surface area contributed by atoms with Crippen molar-refractivity contribution in [1.29, 1.82) is 0 Å². The van der Waals surface area contributed by atoms with Gasteiger partial charge in [-0.2, -0.15) is 0 Å². The molecule has 1 aromatic heterocycles. The summed E-state index contributed by atoms with van der Waals surface area (Å²) in [7, 11) is 0. The number of aryl methyl sites for hydroxylation is 1. The van der Waals surface area contributed by atoms with Crippen molar-refractivity contribution in [2.24, 2.45) is 5.73 Å². The first kappa shape index (κ1) is 16.1. The van der Waals surface area contributed by atoms with Crippen molar-refractivity contribution < 1.29 is 4.79 Å². The molecule has 0 unspecified atom stereocenters. The van der Waals surface area contributed by atoms with Crippen LogP contribution >= 0.6 is 0 Å². The van der Waals surface area contributed by atoms with Gasteiger partial charge in [-0.3, -0.25) is 9.69 Å². The van der Waals surface area contributed by atoms with E-state index in [1.54, 1.807) is 0 Å². The zero-order valence-corrected chi connectivity index (χ0v) is 14.0. The van der Waals surface area contributed by atoms with Crippen LogP contribution in [-0.2, 0) is 13.0 Å². The molecule has 0 saturated carbocycles. The second kappa shape index (κ2) is 7.18. The number of nitrogens with zero attached hydrogens (tertiary/aromatic N) is 1. The lowest BCUT2D eigenvalue weighted by Crippen LogP contribution is -2.19. The molecule has 124 valence electrons. The third kappa shape index (κ3) is 3.58. The molecule has 1 aromatic carbocycles. The van der Waals surface area contributed by atoms with Gasteiger partial charge in [0.05, 0.1) is 0 Å². The number of carbonyl (C=O) groups excluding carboxylic acids is 1. The van der Waals surface area contributed by atoms with Gasteiger partial charge in [-0.15, -0.1) is 0 Å². The molecule has 0 aliphatic carbocycles. The number of aromatic nitrogens is 1. The van der Waals surface area contributed by atoms with Crippen molar-refractivity contribution in [1.82, 2.24) is 9.88 Å². The highest BCUT2D eigenvalue weighted by atomic mass is 16.1. The maximum absolute atomic E-state index is 11.5. The lowest BCUT2D eigenvalue weighted by Gasteiger charge is -2.15. The van der Waals surface area contributed by atoms with E-state index in [9.17, 15) is 4.79 Å².